The third-order valence-corrected chi connectivity index (χ3v) is 4.28. The predicted octanol–water partition coefficient (Wildman–Crippen LogP) is 3.16. The van der Waals surface area contributed by atoms with E-state index in [9.17, 15) is 19.3 Å². The second kappa shape index (κ2) is 7.29. The summed E-state index contributed by atoms with van der Waals surface area (Å²) < 4.78 is 18.9. The second-order valence-electron chi connectivity index (χ2n) is 5.14. The molecule has 27 heavy (non-hydrogen) atoms. The molecule has 0 unspecified atom stereocenters. The Kier molecular flexibility index (Phi) is 4.90. The minimum Gasteiger partial charge on any atom is -0.381 e. The Balaban J connectivity index is 1.93. The highest BCUT2D eigenvalue weighted by Gasteiger charge is 2.18. The number of nitrogens with two attached hydrogens (primary N) is 1. The van der Waals surface area contributed by atoms with E-state index in [0.29, 0.717) is 16.3 Å². The number of benzene rings is 1. The summed E-state index contributed by atoms with van der Waals surface area (Å²) in [5, 5.41) is 13.6. The SMILES string of the molecule is Cc1nc(OC(N)=O)sc1-c1nc(Nc2cccc([N+](=O)[O-])c2)ncc1F. The number of amides is 1. The Morgan fingerprint density at radius 3 is 2.89 bits per heavy atom. The first-order valence-corrected chi connectivity index (χ1v) is 8.14. The van der Waals surface area contributed by atoms with Crippen LogP contribution in [-0.2, 0) is 0 Å². The van der Waals surface area contributed by atoms with E-state index in [1.165, 1.54) is 18.2 Å². The molecule has 1 amide bonds. The van der Waals surface area contributed by atoms with Crippen LogP contribution in [0.5, 0.6) is 5.19 Å². The summed E-state index contributed by atoms with van der Waals surface area (Å²) in [6, 6.07) is 5.70. The number of nitro benzene ring substituents is 1. The number of ether oxygens (including phenoxy) is 1. The van der Waals surface area contributed by atoms with E-state index in [0.717, 1.165) is 17.5 Å². The van der Waals surface area contributed by atoms with Crippen LogP contribution in [0, 0.1) is 22.9 Å². The average molecular weight is 390 g/mol. The van der Waals surface area contributed by atoms with Crippen LogP contribution in [0.4, 0.5) is 26.5 Å². The van der Waals surface area contributed by atoms with E-state index in [4.69, 9.17) is 10.5 Å². The zero-order valence-corrected chi connectivity index (χ0v) is 14.5. The molecular weight excluding hydrogens is 379 g/mol. The third-order valence-electron chi connectivity index (χ3n) is 3.24. The van der Waals surface area contributed by atoms with Crippen molar-refractivity contribution in [3.8, 4) is 15.8 Å². The maximum atomic E-state index is 14.2. The quantitative estimate of drug-likeness (QED) is 0.499. The van der Waals surface area contributed by atoms with Gasteiger partial charge in [-0.25, -0.2) is 24.1 Å². The minimum atomic E-state index is -1.04. The highest BCUT2D eigenvalue weighted by molar-refractivity contribution is 7.17. The van der Waals surface area contributed by atoms with Gasteiger partial charge in [0.2, 0.25) is 5.95 Å². The topological polar surface area (TPSA) is 146 Å². The van der Waals surface area contributed by atoms with Crippen LogP contribution in [-0.4, -0.2) is 26.0 Å². The molecule has 3 rings (SSSR count). The van der Waals surface area contributed by atoms with Crippen molar-refractivity contribution in [2.45, 2.75) is 6.92 Å². The van der Waals surface area contributed by atoms with Gasteiger partial charge in [-0.1, -0.05) is 17.4 Å². The number of thiazole rings is 1. The normalized spacial score (nSPS) is 10.4. The van der Waals surface area contributed by atoms with Gasteiger partial charge in [-0.3, -0.25) is 10.1 Å². The maximum Gasteiger partial charge on any atom is 0.411 e. The first-order valence-electron chi connectivity index (χ1n) is 7.32. The van der Waals surface area contributed by atoms with Gasteiger partial charge < -0.3 is 15.8 Å². The number of nitrogens with one attached hydrogen (secondary N) is 1. The molecule has 0 spiro atoms. The lowest BCUT2D eigenvalue weighted by molar-refractivity contribution is -0.384. The fraction of sp³-hybridized carbons (Fsp3) is 0.0667. The predicted molar refractivity (Wildman–Crippen MR) is 94.4 cm³/mol. The summed E-state index contributed by atoms with van der Waals surface area (Å²) in [6.07, 6.45) is -0.0815. The van der Waals surface area contributed by atoms with Gasteiger partial charge in [-0.2, -0.15) is 0 Å². The summed E-state index contributed by atoms with van der Waals surface area (Å²) in [5.41, 5.74) is 5.51. The first kappa shape index (κ1) is 18.1. The van der Waals surface area contributed by atoms with Crippen molar-refractivity contribution < 1.29 is 18.8 Å². The smallest absolute Gasteiger partial charge is 0.381 e. The Labute approximate surface area is 155 Å². The molecule has 2 aromatic heterocycles. The van der Waals surface area contributed by atoms with Crippen molar-refractivity contribution >= 4 is 34.8 Å². The molecule has 12 heteroatoms. The first-order chi connectivity index (χ1) is 12.8. The van der Waals surface area contributed by atoms with Gasteiger partial charge in [0, 0.05) is 17.8 Å². The molecule has 0 aliphatic heterocycles. The number of nitrogens with zero attached hydrogens (tertiary/aromatic N) is 4. The molecule has 138 valence electrons. The molecule has 3 N–H and O–H groups in total. The fourth-order valence-electron chi connectivity index (χ4n) is 2.13. The molecule has 0 saturated carbocycles. The number of hydrogen-bond donors (Lipinski definition) is 2. The van der Waals surface area contributed by atoms with Gasteiger partial charge >= 0.3 is 6.09 Å². The van der Waals surface area contributed by atoms with Gasteiger partial charge in [0.05, 0.1) is 21.7 Å². The van der Waals surface area contributed by atoms with Crippen LogP contribution >= 0.6 is 11.3 Å². The largest absolute Gasteiger partial charge is 0.411 e. The Hall–Kier alpha value is -3.67. The lowest BCUT2D eigenvalue weighted by atomic mass is 10.3. The lowest BCUT2D eigenvalue weighted by Gasteiger charge is -2.07. The second-order valence-corrected chi connectivity index (χ2v) is 6.10. The van der Waals surface area contributed by atoms with Crippen LogP contribution in [0.15, 0.2) is 30.5 Å². The van der Waals surface area contributed by atoms with Crippen molar-refractivity contribution in [2.75, 3.05) is 5.32 Å². The molecule has 3 aromatic rings. The van der Waals surface area contributed by atoms with E-state index < -0.39 is 16.8 Å². The third kappa shape index (κ3) is 4.12. The van der Waals surface area contributed by atoms with Gasteiger partial charge in [0.25, 0.3) is 10.9 Å². The number of non-ortho nitro benzene ring substituents is 1. The molecule has 0 aliphatic carbocycles. The van der Waals surface area contributed by atoms with E-state index in [1.807, 2.05) is 0 Å². The summed E-state index contributed by atoms with van der Waals surface area (Å²) in [5.74, 6) is -0.686. The zero-order valence-electron chi connectivity index (χ0n) is 13.7. The van der Waals surface area contributed by atoms with Gasteiger partial charge in [-0.15, -0.1) is 0 Å². The number of primary amides is 1. The number of anilines is 2. The molecular formula is C15H11FN6O4S. The molecule has 0 saturated heterocycles. The van der Waals surface area contributed by atoms with Gasteiger partial charge in [0.1, 0.15) is 5.69 Å². The average Bonchev–Trinajstić information content (AvgIpc) is 2.96. The standard InChI is InChI=1S/C15H11FN6O4S/c1-7-12(27-15(19-7)26-13(17)23)11-10(16)6-18-14(21-11)20-8-3-2-4-9(5-8)22(24)25/h2-6H,1H3,(H2,17,23)(H,18,20,21). The molecule has 0 radical (unpaired) electrons. The van der Waals surface area contributed by atoms with E-state index in [2.05, 4.69) is 20.3 Å². The van der Waals surface area contributed by atoms with Crippen molar-refractivity contribution in [3.05, 3.63) is 52.1 Å². The molecule has 0 bridgehead atoms. The van der Waals surface area contributed by atoms with Crippen LogP contribution < -0.4 is 15.8 Å². The Bertz CT molecular complexity index is 1040. The van der Waals surface area contributed by atoms with E-state index in [1.54, 1.807) is 13.0 Å². The lowest BCUT2D eigenvalue weighted by Crippen LogP contribution is -2.15. The number of carbonyl (C=O) groups excluding carboxylic acids is 1. The molecule has 0 atom stereocenters. The summed E-state index contributed by atoms with van der Waals surface area (Å²) in [6.45, 7) is 1.59. The molecule has 1 aromatic carbocycles. The fourth-order valence-corrected chi connectivity index (χ4v) is 3.05. The number of aromatic nitrogens is 3. The number of nitro groups is 1. The highest BCUT2D eigenvalue weighted by atomic mass is 32.1. The molecule has 0 aliphatic rings. The summed E-state index contributed by atoms with van der Waals surface area (Å²) in [4.78, 5) is 33.4. The molecule has 10 nitrogen and oxygen atoms in total. The highest BCUT2D eigenvalue weighted by Crippen LogP contribution is 2.34. The van der Waals surface area contributed by atoms with Crippen LogP contribution in [0.2, 0.25) is 0 Å². The number of aryl methyl sites for hydroxylation is 1. The molecule has 0 fully saturated rings. The summed E-state index contributed by atoms with van der Waals surface area (Å²) in [7, 11) is 0. The number of carbonyl (C=O) groups is 1. The molecule has 2 heterocycles. The van der Waals surface area contributed by atoms with Crippen LogP contribution in [0.3, 0.4) is 0 Å². The van der Waals surface area contributed by atoms with Gasteiger partial charge in [0.15, 0.2) is 5.82 Å². The van der Waals surface area contributed by atoms with Crippen molar-refractivity contribution in [3.63, 3.8) is 0 Å². The van der Waals surface area contributed by atoms with Crippen LogP contribution in [0.1, 0.15) is 5.69 Å². The van der Waals surface area contributed by atoms with E-state index in [-0.39, 0.29) is 22.5 Å². The monoisotopic (exact) mass is 390 g/mol. The summed E-state index contributed by atoms with van der Waals surface area (Å²) >= 11 is 0.895. The van der Waals surface area contributed by atoms with E-state index >= 15 is 0 Å². The minimum absolute atomic E-state index is 0.0251. The number of rotatable bonds is 5. The maximum absolute atomic E-state index is 14.2. The zero-order chi connectivity index (χ0) is 19.6. The van der Waals surface area contributed by atoms with Crippen molar-refractivity contribution in [2.24, 2.45) is 5.73 Å². The van der Waals surface area contributed by atoms with Crippen molar-refractivity contribution in [1.82, 2.24) is 15.0 Å². The van der Waals surface area contributed by atoms with Crippen LogP contribution in [0.25, 0.3) is 10.6 Å². The Morgan fingerprint density at radius 2 is 2.19 bits per heavy atom. The number of halogens is 1. The number of hydrogen-bond acceptors (Lipinski definition) is 9. The Morgan fingerprint density at radius 1 is 1.41 bits per heavy atom. The van der Waals surface area contributed by atoms with Crippen molar-refractivity contribution in [1.29, 1.82) is 0 Å². The van der Waals surface area contributed by atoms with Gasteiger partial charge in [-0.05, 0) is 13.0 Å².